The Hall–Kier alpha value is -2.18. The van der Waals surface area contributed by atoms with Crippen LogP contribution in [-0.2, 0) is 0 Å². The number of nitrogens with zero attached hydrogens (tertiary/aromatic N) is 2. The van der Waals surface area contributed by atoms with Gasteiger partial charge in [-0.25, -0.2) is 0 Å². The van der Waals surface area contributed by atoms with E-state index in [1.165, 1.54) is 6.42 Å². The molecule has 6 N–H and O–H groups in total. The van der Waals surface area contributed by atoms with Crippen molar-refractivity contribution in [2.45, 2.75) is 18.5 Å². The number of rotatable bonds is 3. The van der Waals surface area contributed by atoms with Crippen LogP contribution >= 0.6 is 0 Å². The summed E-state index contributed by atoms with van der Waals surface area (Å²) in [4.78, 5) is 5.07. The first-order chi connectivity index (χ1) is 12.2. The predicted molar refractivity (Wildman–Crippen MR) is 101 cm³/mol. The summed E-state index contributed by atoms with van der Waals surface area (Å²) in [7, 11) is 0. The molecule has 2 atom stereocenters. The third-order valence-electron chi connectivity index (χ3n) is 5.57. The van der Waals surface area contributed by atoms with E-state index in [9.17, 15) is 0 Å². The molecule has 1 aromatic rings. The minimum Gasteiger partial charge on any atom is -0.398 e. The van der Waals surface area contributed by atoms with Crippen LogP contribution in [0.2, 0.25) is 0 Å². The number of fused-ring (bicyclic) bond motifs is 1. The summed E-state index contributed by atoms with van der Waals surface area (Å²) in [5.41, 5.74) is 15.5. The van der Waals surface area contributed by atoms with Crippen molar-refractivity contribution in [3.63, 3.8) is 0 Å². The van der Waals surface area contributed by atoms with Crippen LogP contribution in [0.15, 0.2) is 47.9 Å². The first kappa shape index (κ1) is 16.3. The van der Waals surface area contributed by atoms with Gasteiger partial charge in [0.05, 0.1) is 5.70 Å². The van der Waals surface area contributed by atoms with Gasteiger partial charge in [0.2, 0.25) is 0 Å². The quantitative estimate of drug-likeness (QED) is 0.623. The van der Waals surface area contributed by atoms with Crippen LogP contribution in [-0.4, -0.2) is 61.2 Å². The van der Waals surface area contributed by atoms with Crippen LogP contribution in [0.3, 0.4) is 0 Å². The molecule has 134 valence electrons. The zero-order valence-electron chi connectivity index (χ0n) is 14.6. The Kier molecular flexibility index (Phi) is 4.55. The molecule has 6 nitrogen and oxygen atoms in total. The Morgan fingerprint density at radius 2 is 1.88 bits per heavy atom. The number of hydrogen-bond acceptors (Lipinski definition) is 6. The molecule has 25 heavy (non-hydrogen) atoms. The van der Waals surface area contributed by atoms with Crippen molar-refractivity contribution in [2.24, 2.45) is 11.5 Å². The van der Waals surface area contributed by atoms with Crippen molar-refractivity contribution in [1.29, 1.82) is 0 Å². The van der Waals surface area contributed by atoms with E-state index in [0.717, 1.165) is 62.0 Å². The third-order valence-corrected chi connectivity index (χ3v) is 5.57. The fraction of sp³-hybridized carbons (Fsp3) is 0.474. The fourth-order valence-corrected chi connectivity index (χ4v) is 4.19. The van der Waals surface area contributed by atoms with Gasteiger partial charge < -0.3 is 27.0 Å². The van der Waals surface area contributed by atoms with Gasteiger partial charge in [0.15, 0.2) is 0 Å². The third kappa shape index (κ3) is 3.32. The van der Waals surface area contributed by atoms with Crippen molar-refractivity contribution in [3.05, 3.63) is 53.5 Å². The Labute approximate surface area is 149 Å². The first-order valence-electron chi connectivity index (χ1n) is 9.20. The Morgan fingerprint density at radius 1 is 1.12 bits per heavy atom. The van der Waals surface area contributed by atoms with Crippen LogP contribution in [0, 0.1) is 0 Å². The number of nitrogens with one attached hydrogen (secondary N) is 2. The molecule has 0 saturated carbocycles. The van der Waals surface area contributed by atoms with Gasteiger partial charge in [-0.15, -0.1) is 0 Å². The zero-order valence-corrected chi connectivity index (χ0v) is 14.6. The summed E-state index contributed by atoms with van der Waals surface area (Å²) in [6.45, 7) is 6.39. The Bertz CT molecular complexity index is 662. The normalized spacial score (nSPS) is 28.0. The van der Waals surface area contributed by atoms with Crippen molar-refractivity contribution >= 4 is 5.70 Å². The van der Waals surface area contributed by atoms with Crippen molar-refractivity contribution in [1.82, 2.24) is 20.4 Å². The van der Waals surface area contributed by atoms with Crippen LogP contribution in [0.4, 0.5) is 0 Å². The summed E-state index contributed by atoms with van der Waals surface area (Å²) in [6, 6.07) is 11.2. The topological polar surface area (TPSA) is 82.6 Å². The highest BCUT2D eigenvalue weighted by Crippen LogP contribution is 2.30. The molecule has 0 bridgehead atoms. The predicted octanol–water partition coefficient (Wildman–Crippen LogP) is 0.0653. The molecule has 0 aliphatic carbocycles. The molecule has 3 aliphatic rings. The molecule has 0 radical (unpaired) electrons. The van der Waals surface area contributed by atoms with Crippen LogP contribution in [0.5, 0.6) is 0 Å². The molecule has 3 heterocycles. The standard InChI is InChI=1S/C19H28N6/c20-17(14-4-2-1-3-5-14)11-18-19(21)23-12-15-10-16(13-25(15)18)24-8-6-22-7-9-24/h1-5,11,15-16,22-23H,6-10,12-13,20-21H2/b17-11-. The number of piperazine rings is 1. The molecular weight excluding hydrogens is 312 g/mol. The van der Waals surface area contributed by atoms with Crippen molar-refractivity contribution < 1.29 is 0 Å². The number of hydrogen-bond donors (Lipinski definition) is 4. The van der Waals surface area contributed by atoms with E-state index in [2.05, 4.69) is 20.4 Å². The largest absolute Gasteiger partial charge is 0.398 e. The highest BCUT2D eigenvalue weighted by Gasteiger charge is 2.38. The van der Waals surface area contributed by atoms with Gasteiger partial charge in [0.1, 0.15) is 5.82 Å². The SMILES string of the molecule is NC1=C(/C=C(\N)c2ccccc2)N2CC(N3CCNCC3)CC2CN1. The van der Waals surface area contributed by atoms with E-state index in [4.69, 9.17) is 11.5 Å². The number of benzene rings is 1. The van der Waals surface area contributed by atoms with Gasteiger partial charge in [-0.05, 0) is 18.1 Å². The maximum Gasteiger partial charge on any atom is 0.120 e. The van der Waals surface area contributed by atoms with Crippen LogP contribution < -0.4 is 22.1 Å². The molecule has 0 aromatic heterocycles. The number of nitrogens with two attached hydrogens (primary N) is 2. The van der Waals surface area contributed by atoms with Gasteiger partial charge in [-0.3, -0.25) is 4.90 Å². The molecule has 6 heteroatoms. The molecule has 1 aromatic carbocycles. The summed E-state index contributed by atoms with van der Waals surface area (Å²) >= 11 is 0. The molecule has 0 spiro atoms. The smallest absolute Gasteiger partial charge is 0.120 e. The Morgan fingerprint density at radius 3 is 2.64 bits per heavy atom. The van der Waals surface area contributed by atoms with Crippen LogP contribution in [0.1, 0.15) is 12.0 Å². The molecule has 4 rings (SSSR count). The fourth-order valence-electron chi connectivity index (χ4n) is 4.19. The summed E-state index contributed by atoms with van der Waals surface area (Å²) in [6.07, 6.45) is 3.22. The lowest BCUT2D eigenvalue weighted by Crippen LogP contribution is -2.49. The van der Waals surface area contributed by atoms with E-state index < -0.39 is 0 Å². The van der Waals surface area contributed by atoms with E-state index >= 15 is 0 Å². The monoisotopic (exact) mass is 340 g/mol. The molecule has 2 unspecified atom stereocenters. The highest BCUT2D eigenvalue weighted by molar-refractivity contribution is 5.65. The van der Waals surface area contributed by atoms with E-state index in [1.54, 1.807) is 0 Å². The average Bonchev–Trinajstić information content (AvgIpc) is 3.10. The molecular formula is C19H28N6. The zero-order chi connectivity index (χ0) is 17.2. The van der Waals surface area contributed by atoms with Gasteiger partial charge >= 0.3 is 0 Å². The second-order valence-corrected chi connectivity index (χ2v) is 7.13. The second-order valence-electron chi connectivity index (χ2n) is 7.13. The van der Waals surface area contributed by atoms with Crippen molar-refractivity contribution in [3.8, 4) is 0 Å². The highest BCUT2D eigenvalue weighted by atomic mass is 15.3. The number of allylic oxidation sites excluding steroid dienone is 1. The van der Waals surface area contributed by atoms with Gasteiger partial charge in [-0.2, -0.15) is 0 Å². The van der Waals surface area contributed by atoms with Crippen LogP contribution in [0.25, 0.3) is 5.70 Å². The van der Waals surface area contributed by atoms with Gasteiger partial charge in [0, 0.05) is 57.0 Å². The summed E-state index contributed by atoms with van der Waals surface area (Å²) in [5, 5.41) is 6.81. The van der Waals surface area contributed by atoms with E-state index in [0.29, 0.717) is 12.1 Å². The summed E-state index contributed by atoms with van der Waals surface area (Å²) < 4.78 is 0. The summed E-state index contributed by atoms with van der Waals surface area (Å²) in [5.74, 6) is 0.732. The average molecular weight is 340 g/mol. The van der Waals surface area contributed by atoms with Crippen molar-refractivity contribution in [2.75, 3.05) is 39.3 Å². The minimum atomic E-state index is 0.488. The minimum absolute atomic E-state index is 0.488. The maximum absolute atomic E-state index is 6.35. The molecule has 2 fully saturated rings. The molecule has 3 aliphatic heterocycles. The Balaban J connectivity index is 1.55. The second kappa shape index (κ2) is 6.98. The van der Waals surface area contributed by atoms with E-state index in [1.807, 2.05) is 36.4 Å². The first-order valence-corrected chi connectivity index (χ1v) is 9.20. The molecule has 2 saturated heterocycles. The van der Waals surface area contributed by atoms with Gasteiger partial charge in [0.25, 0.3) is 0 Å². The lowest BCUT2D eigenvalue weighted by atomic mass is 10.1. The molecule has 0 amide bonds. The lowest BCUT2D eigenvalue weighted by Gasteiger charge is -2.35. The van der Waals surface area contributed by atoms with E-state index in [-0.39, 0.29) is 0 Å². The lowest BCUT2D eigenvalue weighted by molar-refractivity contribution is 0.176. The van der Waals surface area contributed by atoms with Gasteiger partial charge in [-0.1, -0.05) is 30.3 Å². The maximum atomic E-state index is 6.35.